The number of fused-ring (bicyclic) bond motifs is 1. The van der Waals surface area contributed by atoms with Crippen LogP contribution in [0.25, 0.3) is 27.3 Å². The molecule has 0 atom stereocenters. The van der Waals surface area contributed by atoms with Gasteiger partial charge in [0.2, 0.25) is 0 Å². The van der Waals surface area contributed by atoms with E-state index in [1.54, 1.807) is 11.3 Å². The van der Waals surface area contributed by atoms with Crippen molar-refractivity contribution in [3.05, 3.63) is 65.9 Å². The van der Waals surface area contributed by atoms with Crippen LogP contribution in [0.3, 0.4) is 0 Å². The highest BCUT2D eigenvalue weighted by molar-refractivity contribution is 7.12. The zero-order valence-corrected chi connectivity index (χ0v) is 17.4. The molecule has 1 aromatic carbocycles. The average molecular weight is 403 g/mol. The Morgan fingerprint density at radius 2 is 1.79 bits per heavy atom. The van der Waals surface area contributed by atoms with Crippen LogP contribution >= 0.6 is 11.3 Å². The van der Waals surface area contributed by atoms with Crippen molar-refractivity contribution in [3.63, 3.8) is 0 Å². The maximum atomic E-state index is 4.70. The summed E-state index contributed by atoms with van der Waals surface area (Å²) in [6.45, 7) is 3.81. The van der Waals surface area contributed by atoms with Crippen LogP contribution in [0.4, 0.5) is 0 Å². The van der Waals surface area contributed by atoms with Gasteiger partial charge in [-0.2, -0.15) is 0 Å². The number of nitrogens with zero attached hydrogens (tertiary/aromatic N) is 4. The van der Waals surface area contributed by atoms with Gasteiger partial charge < -0.3 is 4.90 Å². The fourth-order valence-electron chi connectivity index (χ4n) is 4.18. The molecule has 1 aliphatic heterocycles. The number of piperidine rings is 1. The molecule has 1 aliphatic rings. The van der Waals surface area contributed by atoms with E-state index in [2.05, 4.69) is 56.2 Å². The number of aryl methyl sites for hydroxylation is 1. The topological polar surface area (TPSA) is 34.0 Å². The van der Waals surface area contributed by atoms with Crippen LogP contribution in [0, 0.1) is 0 Å². The molecule has 5 rings (SSSR count). The molecule has 1 saturated heterocycles. The molecule has 0 unspecified atom stereocenters. The van der Waals surface area contributed by atoms with Gasteiger partial charge in [-0.1, -0.05) is 30.7 Å². The van der Waals surface area contributed by atoms with E-state index in [1.807, 2.05) is 18.6 Å². The Morgan fingerprint density at radius 1 is 0.931 bits per heavy atom. The van der Waals surface area contributed by atoms with Crippen molar-refractivity contribution in [1.82, 2.24) is 19.4 Å². The predicted molar refractivity (Wildman–Crippen MR) is 121 cm³/mol. The maximum absolute atomic E-state index is 4.70. The van der Waals surface area contributed by atoms with Crippen LogP contribution in [0.1, 0.15) is 31.2 Å². The van der Waals surface area contributed by atoms with Crippen LogP contribution in [0.2, 0.25) is 0 Å². The normalized spacial score (nSPS) is 15.2. The molecular weight excluding hydrogens is 376 g/mol. The summed E-state index contributed by atoms with van der Waals surface area (Å²) in [6.07, 6.45) is 10.4. The quantitative estimate of drug-likeness (QED) is 0.423. The highest BCUT2D eigenvalue weighted by atomic mass is 32.1. The number of benzene rings is 1. The molecule has 1 fully saturated rings. The van der Waals surface area contributed by atoms with E-state index < -0.39 is 0 Å². The summed E-state index contributed by atoms with van der Waals surface area (Å²) in [4.78, 5) is 11.9. The molecule has 3 aromatic heterocycles. The zero-order chi connectivity index (χ0) is 19.5. The molecule has 0 N–H and O–H groups in total. The van der Waals surface area contributed by atoms with Crippen LogP contribution in [0.5, 0.6) is 0 Å². The number of pyridine rings is 1. The van der Waals surface area contributed by atoms with Crippen molar-refractivity contribution in [1.29, 1.82) is 0 Å². The molecule has 0 amide bonds. The first-order valence-corrected chi connectivity index (χ1v) is 11.4. The maximum Gasteiger partial charge on any atom is 0.165 e. The third-order valence-electron chi connectivity index (χ3n) is 5.81. The van der Waals surface area contributed by atoms with E-state index >= 15 is 0 Å². The van der Waals surface area contributed by atoms with Gasteiger partial charge in [-0.15, -0.1) is 11.3 Å². The number of hydrogen-bond donors (Lipinski definition) is 0. The number of thiophene rings is 1. The molecular formula is C24H26N4S. The molecule has 4 nitrogen and oxygen atoms in total. The van der Waals surface area contributed by atoms with Gasteiger partial charge in [0.15, 0.2) is 5.65 Å². The molecule has 5 heteroatoms. The summed E-state index contributed by atoms with van der Waals surface area (Å²) >= 11 is 1.69. The van der Waals surface area contributed by atoms with Gasteiger partial charge in [-0.25, -0.2) is 9.97 Å². The standard InChI is InChI=1S/C24H26N4S/c1-2-12-27(13-3-1)14-4-6-19-8-10-20(11-9-19)21-16-22-24(25-17-21)28(18-26-22)23-7-5-15-29-23/h5,7-11,15-18H,1-4,6,12-14H2. The molecule has 4 heterocycles. The van der Waals surface area contributed by atoms with Crippen molar-refractivity contribution in [2.75, 3.05) is 19.6 Å². The van der Waals surface area contributed by atoms with Crippen LogP contribution in [-0.2, 0) is 6.42 Å². The second kappa shape index (κ2) is 8.47. The minimum atomic E-state index is 0.908. The van der Waals surface area contributed by atoms with Crippen molar-refractivity contribution in [3.8, 4) is 16.1 Å². The van der Waals surface area contributed by atoms with Crippen LogP contribution in [0.15, 0.2) is 60.4 Å². The molecule has 0 spiro atoms. The smallest absolute Gasteiger partial charge is 0.165 e. The summed E-state index contributed by atoms with van der Waals surface area (Å²) in [5.74, 6) is 0. The van der Waals surface area contributed by atoms with Crippen molar-refractivity contribution < 1.29 is 0 Å². The minimum Gasteiger partial charge on any atom is -0.303 e. The summed E-state index contributed by atoms with van der Waals surface area (Å²) in [6, 6.07) is 15.2. The van der Waals surface area contributed by atoms with E-state index in [-0.39, 0.29) is 0 Å². The lowest BCUT2D eigenvalue weighted by Gasteiger charge is -2.26. The highest BCUT2D eigenvalue weighted by Crippen LogP contribution is 2.25. The second-order valence-corrected chi connectivity index (χ2v) is 8.76. The van der Waals surface area contributed by atoms with Crippen LogP contribution < -0.4 is 0 Å². The lowest BCUT2D eigenvalue weighted by atomic mass is 10.0. The van der Waals surface area contributed by atoms with Crippen molar-refractivity contribution in [2.24, 2.45) is 0 Å². The Balaban J connectivity index is 1.26. The molecule has 0 saturated carbocycles. The summed E-state index contributed by atoms with van der Waals surface area (Å²) in [5, 5.41) is 3.21. The molecule has 29 heavy (non-hydrogen) atoms. The molecule has 0 aliphatic carbocycles. The van der Waals surface area contributed by atoms with Gasteiger partial charge in [0.25, 0.3) is 0 Å². The average Bonchev–Trinajstić information content (AvgIpc) is 3.44. The first kappa shape index (κ1) is 18.5. The fourth-order valence-corrected chi connectivity index (χ4v) is 4.88. The molecule has 4 aromatic rings. The van der Waals surface area contributed by atoms with Gasteiger partial charge >= 0.3 is 0 Å². The predicted octanol–water partition coefficient (Wildman–Crippen LogP) is 5.57. The Morgan fingerprint density at radius 3 is 2.59 bits per heavy atom. The fraction of sp³-hybridized carbons (Fsp3) is 0.333. The van der Waals surface area contributed by atoms with Gasteiger partial charge in [0.1, 0.15) is 16.8 Å². The first-order valence-electron chi connectivity index (χ1n) is 10.6. The SMILES string of the molecule is c1csc(-n2cnc3cc(-c4ccc(CCCN5CCCCC5)cc4)cnc32)c1. The Bertz CT molecular complexity index is 1060. The number of likely N-dealkylation sites (tertiary alicyclic amines) is 1. The molecule has 0 bridgehead atoms. The lowest BCUT2D eigenvalue weighted by Crippen LogP contribution is -2.30. The van der Waals surface area contributed by atoms with E-state index in [1.165, 1.54) is 56.4 Å². The van der Waals surface area contributed by atoms with Crippen molar-refractivity contribution >= 4 is 22.5 Å². The first-order chi connectivity index (χ1) is 14.4. The van der Waals surface area contributed by atoms with Gasteiger partial charge in [-0.3, -0.25) is 4.57 Å². The lowest BCUT2D eigenvalue weighted by molar-refractivity contribution is 0.226. The molecule has 0 radical (unpaired) electrons. The Hall–Kier alpha value is -2.50. The summed E-state index contributed by atoms with van der Waals surface area (Å²) < 4.78 is 2.05. The monoisotopic (exact) mass is 402 g/mol. The van der Waals surface area contributed by atoms with E-state index in [9.17, 15) is 0 Å². The Kier molecular flexibility index (Phi) is 5.41. The van der Waals surface area contributed by atoms with E-state index in [0.29, 0.717) is 0 Å². The number of hydrogen-bond acceptors (Lipinski definition) is 4. The third-order valence-corrected chi connectivity index (χ3v) is 6.67. The van der Waals surface area contributed by atoms with E-state index in [0.717, 1.165) is 28.1 Å². The highest BCUT2D eigenvalue weighted by Gasteiger charge is 2.10. The minimum absolute atomic E-state index is 0.908. The van der Waals surface area contributed by atoms with Gasteiger partial charge in [0, 0.05) is 11.8 Å². The van der Waals surface area contributed by atoms with Crippen LogP contribution in [-0.4, -0.2) is 39.1 Å². The second-order valence-electron chi connectivity index (χ2n) is 7.84. The summed E-state index contributed by atoms with van der Waals surface area (Å²) in [7, 11) is 0. The van der Waals surface area contributed by atoms with Crippen molar-refractivity contribution in [2.45, 2.75) is 32.1 Å². The van der Waals surface area contributed by atoms with Gasteiger partial charge in [0.05, 0.1) is 0 Å². The molecule has 148 valence electrons. The number of rotatable bonds is 6. The Labute approximate surface area is 175 Å². The number of aromatic nitrogens is 3. The zero-order valence-electron chi connectivity index (χ0n) is 16.6. The third kappa shape index (κ3) is 4.11. The van der Waals surface area contributed by atoms with Gasteiger partial charge in [-0.05, 0) is 80.0 Å². The van der Waals surface area contributed by atoms with E-state index in [4.69, 9.17) is 4.98 Å². The summed E-state index contributed by atoms with van der Waals surface area (Å²) in [5.41, 5.74) is 5.58. The largest absolute Gasteiger partial charge is 0.303 e. The number of imidazole rings is 1.